The highest BCUT2D eigenvalue weighted by Crippen LogP contribution is 2.36. The molecule has 0 atom stereocenters. The monoisotopic (exact) mass is 267 g/mol. The lowest BCUT2D eigenvalue weighted by molar-refractivity contribution is 0.0911. The number of benzene rings is 1. The molecule has 3 rings (SSSR count). The Morgan fingerprint density at radius 3 is 2.60 bits per heavy atom. The van der Waals surface area contributed by atoms with Crippen LogP contribution in [0, 0.1) is 19.3 Å². The largest absolute Gasteiger partial charge is 0.320 e. The SMILES string of the molecule is Cc1ccc(C)c(-n2ccc3c2CC(C)(C)CC3=O)c1. The van der Waals surface area contributed by atoms with Crippen molar-refractivity contribution in [2.45, 2.75) is 40.5 Å². The van der Waals surface area contributed by atoms with Gasteiger partial charge in [-0.1, -0.05) is 26.0 Å². The Hall–Kier alpha value is -1.83. The fourth-order valence-electron chi connectivity index (χ4n) is 3.15. The molecule has 0 fully saturated rings. The molecule has 1 aliphatic carbocycles. The molecule has 0 radical (unpaired) electrons. The third-order valence-electron chi connectivity index (χ3n) is 4.20. The van der Waals surface area contributed by atoms with E-state index in [1.807, 2.05) is 12.3 Å². The van der Waals surface area contributed by atoms with Gasteiger partial charge in [0.15, 0.2) is 5.78 Å². The van der Waals surface area contributed by atoms with E-state index in [1.165, 1.54) is 22.5 Å². The molecule has 1 aromatic carbocycles. The Morgan fingerprint density at radius 1 is 1.10 bits per heavy atom. The minimum Gasteiger partial charge on any atom is -0.320 e. The Balaban J connectivity index is 2.18. The molecule has 2 nitrogen and oxygen atoms in total. The highest BCUT2D eigenvalue weighted by Gasteiger charge is 2.33. The summed E-state index contributed by atoms with van der Waals surface area (Å²) in [5, 5.41) is 0. The number of aryl methyl sites for hydroxylation is 2. The highest BCUT2D eigenvalue weighted by atomic mass is 16.1. The number of fused-ring (bicyclic) bond motifs is 1. The Labute approximate surface area is 120 Å². The van der Waals surface area contributed by atoms with Gasteiger partial charge >= 0.3 is 0 Å². The number of carbonyl (C=O) groups excluding carboxylic acids is 1. The van der Waals surface area contributed by atoms with E-state index in [4.69, 9.17) is 0 Å². The molecule has 0 saturated carbocycles. The van der Waals surface area contributed by atoms with Crippen molar-refractivity contribution in [2.24, 2.45) is 5.41 Å². The van der Waals surface area contributed by atoms with E-state index in [1.54, 1.807) is 0 Å². The molecule has 0 saturated heterocycles. The van der Waals surface area contributed by atoms with Crippen LogP contribution in [0.3, 0.4) is 0 Å². The summed E-state index contributed by atoms with van der Waals surface area (Å²) in [5.41, 5.74) is 5.80. The van der Waals surface area contributed by atoms with Gasteiger partial charge < -0.3 is 4.57 Å². The molecule has 104 valence electrons. The molecular weight excluding hydrogens is 246 g/mol. The van der Waals surface area contributed by atoms with Crippen LogP contribution in [0.1, 0.15) is 47.4 Å². The van der Waals surface area contributed by atoms with Crippen molar-refractivity contribution in [3.8, 4) is 5.69 Å². The van der Waals surface area contributed by atoms with Gasteiger partial charge in [-0.25, -0.2) is 0 Å². The van der Waals surface area contributed by atoms with Crippen molar-refractivity contribution in [3.05, 3.63) is 52.8 Å². The van der Waals surface area contributed by atoms with E-state index >= 15 is 0 Å². The number of rotatable bonds is 1. The first-order chi connectivity index (χ1) is 9.37. The van der Waals surface area contributed by atoms with Crippen LogP contribution in [0.4, 0.5) is 0 Å². The van der Waals surface area contributed by atoms with Crippen LogP contribution in [0.5, 0.6) is 0 Å². The van der Waals surface area contributed by atoms with Crippen LogP contribution in [0.25, 0.3) is 5.69 Å². The normalized spacial score (nSPS) is 17.1. The highest BCUT2D eigenvalue weighted by molar-refractivity contribution is 5.99. The summed E-state index contributed by atoms with van der Waals surface area (Å²) in [6.45, 7) is 8.58. The quantitative estimate of drug-likeness (QED) is 0.757. The number of aromatic nitrogens is 1. The lowest BCUT2D eigenvalue weighted by Crippen LogP contribution is -2.27. The summed E-state index contributed by atoms with van der Waals surface area (Å²) in [5.74, 6) is 0.278. The molecule has 0 spiro atoms. The molecule has 0 bridgehead atoms. The van der Waals surface area contributed by atoms with Gasteiger partial charge in [-0.05, 0) is 48.9 Å². The second-order valence-electron chi connectivity index (χ2n) is 6.78. The number of hydrogen-bond donors (Lipinski definition) is 0. The average Bonchev–Trinajstić information content (AvgIpc) is 2.74. The Bertz CT molecular complexity index is 691. The summed E-state index contributed by atoms with van der Waals surface area (Å²) >= 11 is 0. The smallest absolute Gasteiger partial charge is 0.165 e. The molecule has 1 heterocycles. The van der Waals surface area contributed by atoms with Crippen LogP contribution in [-0.2, 0) is 6.42 Å². The van der Waals surface area contributed by atoms with Crippen LogP contribution >= 0.6 is 0 Å². The first-order valence-corrected chi connectivity index (χ1v) is 7.18. The van der Waals surface area contributed by atoms with Crippen molar-refractivity contribution in [3.63, 3.8) is 0 Å². The Morgan fingerprint density at radius 2 is 1.85 bits per heavy atom. The lowest BCUT2D eigenvalue weighted by atomic mass is 9.76. The van der Waals surface area contributed by atoms with Crippen molar-refractivity contribution >= 4 is 5.78 Å². The third-order valence-corrected chi connectivity index (χ3v) is 4.20. The van der Waals surface area contributed by atoms with Crippen LogP contribution in [0.2, 0.25) is 0 Å². The van der Waals surface area contributed by atoms with Gasteiger partial charge in [0.05, 0.1) is 0 Å². The van der Waals surface area contributed by atoms with Crippen LogP contribution in [0.15, 0.2) is 30.5 Å². The summed E-state index contributed by atoms with van der Waals surface area (Å²) in [4.78, 5) is 12.3. The topological polar surface area (TPSA) is 22.0 Å². The van der Waals surface area contributed by atoms with E-state index < -0.39 is 0 Å². The van der Waals surface area contributed by atoms with Crippen LogP contribution < -0.4 is 0 Å². The molecule has 2 heteroatoms. The minimum atomic E-state index is 0.0535. The maximum Gasteiger partial charge on any atom is 0.165 e. The van der Waals surface area contributed by atoms with E-state index in [2.05, 4.69) is 50.5 Å². The molecule has 1 aliphatic rings. The minimum absolute atomic E-state index is 0.0535. The first kappa shape index (κ1) is 13.2. The molecule has 0 N–H and O–H groups in total. The molecule has 20 heavy (non-hydrogen) atoms. The predicted molar refractivity (Wildman–Crippen MR) is 81.7 cm³/mol. The van der Waals surface area contributed by atoms with Gasteiger partial charge in [0, 0.05) is 29.6 Å². The molecule has 0 aliphatic heterocycles. The molecule has 0 amide bonds. The maximum absolute atomic E-state index is 12.3. The second kappa shape index (κ2) is 4.34. The molecule has 1 aromatic heterocycles. The number of ketones is 1. The van der Waals surface area contributed by atoms with Gasteiger partial charge in [0.25, 0.3) is 0 Å². The van der Waals surface area contributed by atoms with Gasteiger partial charge in [0.1, 0.15) is 0 Å². The maximum atomic E-state index is 12.3. The van der Waals surface area contributed by atoms with Crippen LogP contribution in [-0.4, -0.2) is 10.4 Å². The predicted octanol–water partition coefficient (Wildman–Crippen LogP) is 4.25. The summed E-state index contributed by atoms with van der Waals surface area (Å²) in [7, 11) is 0. The van der Waals surface area contributed by atoms with Crippen molar-refractivity contribution < 1.29 is 4.79 Å². The summed E-state index contributed by atoms with van der Waals surface area (Å²) < 4.78 is 2.20. The van der Waals surface area contributed by atoms with E-state index in [0.29, 0.717) is 6.42 Å². The zero-order valence-corrected chi connectivity index (χ0v) is 12.7. The van der Waals surface area contributed by atoms with Gasteiger partial charge in [-0.3, -0.25) is 4.79 Å². The van der Waals surface area contributed by atoms with E-state index in [0.717, 1.165) is 12.0 Å². The summed E-state index contributed by atoms with van der Waals surface area (Å²) in [6.07, 6.45) is 3.65. The number of nitrogens with zero attached hydrogens (tertiary/aromatic N) is 1. The van der Waals surface area contributed by atoms with Crippen molar-refractivity contribution in [1.82, 2.24) is 4.57 Å². The number of Topliss-reactive ketones (excluding diaryl/α,β-unsaturated/α-hetero) is 1. The average molecular weight is 267 g/mol. The number of carbonyl (C=O) groups is 1. The third kappa shape index (κ3) is 2.09. The molecule has 0 unspecified atom stereocenters. The van der Waals surface area contributed by atoms with E-state index in [-0.39, 0.29) is 11.2 Å². The molecule has 2 aromatic rings. The van der Waals surface area contributed by atoms with Crippen molar-refractivity contribution in [2.75, 3.05) is 0 Å². The fourth-order valence-corrected chi connectivity index (χ4v) is 3.15. The van der Waals surface area contributed by atoms with E-state index in [9.17, 15) is 4.79 Å². The summed E-state index contributed by atoms with van der Waals surface area (Å²) in [6, 6.07) is 8.45. The van der Waals surface area contributed by atoms with Crippen molar-refractivity contribution in [1.29, 1.82) is 0 Å². The second-order valence-corrected chi connectivity index (χ2v) is 6.78. The molecular formula is C18H21NO. The standard InChI is InChI=1S/C18H21NO/c1-12-5-6-13(2)15(9-12)19-8-7-14-16(19)10-18(3,4)11-17(14)20/h5-9H,10-11H2,1-4H3. The Kier molecular flexibility index (Phi) is 2.86. The lowest BCUT2D eigenvalue weighted by Gasteiger charge is -2.30. The zero-order valence-electron chi connectivity index (χ0n) is 12.7. The first-order valence-electron chi connectivity index (χ1n) is 7.18. The van der Waals surface area contributed by atoms with Gasteiger partial charge in [-0.2, -0.15) is 0 Å². The number of hydrogen-bond acceptors (Lipinski definition) is 1. The van der Waals surface area contributed by atoms with Gasteiger partial charge in [0.2, 0.25) is 0 Å². The van der Waals surface area contributed by atoms with Gasteiger partial charge in [-0.15, -0.1) is 0 Å². The zero-order chi connectivity index (χ0) is 14.5. The fraction of sp³-hybridized carbons (Fsp3) is 0.389.